The molecule has 98 valence electrons. The Hall–Kier alpha value is -1.42. The molecular formula is C14H21N3O. The first-order valence-corrected chi connectivity index (χ1v) is 6.72. The van der Waals surface area contributed by atoms with Gasteiger partial charge >= 0.3 is 0 Å². The van der Waals surface area contributed by atoms with E-state index >= 15 is 0 Å². The van der Waals surface area contributed by atoms with Crippen molar-refractivity contribution in [3.05, 3.63) is 18.2 Å². The smallest absolute Gasteiger partial charge is 0.143 e. The first-order valence-electron chi connectivity index (χ1n) is 6.72. The maximum Gasteiger partial charge on any atom is 0.143 e. The van der Waals surface area contributed by atoms with Gasteiger partial charge in [0.15, 0.2) is 0 Å². The molecule has 4 heteroatoms. The number of rotatable bonds is 3. The van der Waals surface area contributed by atoms with Crippen LogP contribution in [0.3, 0.4) is 0 Å². The second kappa shape index (κ2) is 4.69. The number of hydrogen-bond donors (Lipinski definition) is 2. The molecule has 2 aliphatic rings. The first-order chi connectivity index (χ1) is 8.78. The van der Waals surface area contributed by atoms with E-state index in [1.165, 1.54) is 32.4 Å². The largest absolute Gasteiger partial charge is 0.495 e. The van der Waals surface area contributed by atoms with E-state index in [0.717, 1.165) is 11.4 Å². The Labute approximate surface area is 108 Å². The summed E-state index contributed by atoms with van der Waals surface area (Å²) in [6.07, 6.45) is 3.90. The van der Waals surface area contributed by atoms with Gasteiger partial charge in [-0.1, -0.05) is 0 Å². The molecule has 2 heterocycles. The third-order valence-electron chi connectivity index (χ3n) is 4.19. The number of nitrogens with one attached hydrogen (secondary N) is 1. The van der Waals surface area contributed by atoms with Crippen molar-refractivity contribution >= 4 is 11.4 Å². The molecular weight excluding hydrogens is 226 g/mol. The van der Waals surface area contributed by atoms with Crippen molar-refractivity contribution in [1.29, 1.82) is 0 Å². The Bertz CT molecular complexity index is 435. The van der Waals surface area contributed by atoms with Crippen molar-refractivity contribution in [3.63, 3.8) is 0 Å². The van der Waals surface area contributed by atoms with Crippen LogP contribution in [-0.2, 0) is 0 Å². The number of benzene rings is 1. The predicted octanol–water partition coefficient (Wildman–Crippen LogP) is 1.93. The van der Waals surface area contributed by atoms with E-state index < -0.39 is 0 Å². The highest BCUT2D eigenvalue weighted by Crippen LogP contribution is 2.32. The number of ether oxygens (including phenoxy) is 1. The molecule has 0 amide bonds. The number of hydrogen-bond acceptors (Lipinski definition) is 4. The number of anilines is 2. The lowest BCUT2D eigenvalue weighted by Gasteiger charge is -2.22. The molecule has 2 fully saturated rings. The summed E-state index contributed by atoms with van der Waals surface area (Å²) in [5.74, 6) is 0.751. The predicted molar refractivity (Wildman–Crippen MR) is 74.0 cm³/mol. The summed E-state index contributed by atoms with van der Waals surface area (Å²) in [6, 6.07) is 7.22. The van der Waals surface area contributed by atoms with Gasteiger partial charge in [-0.25, -0.2) is 0 Å². The maximum absolute atomic E-state index is 5.83. The summed E-state index contributed by atoms with van der Waals surface area (Å²) in [5, 5.41) is 3.64. The van der Waals surface area contributed by atoms with Crippen molar-refractivity contribution in [3.8, 4) is 5.75 Å². The zero-order valence-electron chi connectivity index (χ0n) is 10.9. The van der Waals surface area contributed by atoms with Crippen molar-refractivity contribution in [2.45, 2.75) is 31.3 Å². The number of nitrogen functional groups attached to an aromatic ring is 1. The summed E-state index contributed by atoms with van der Waals surface area (Å²) < 4.78 is 5.26. The number of nitrogens with zero attached hydrogens (tertiary/aromatic N) is 1. The van der Waals surface area contributed by atoms with Crippen LogP contribution in [0.25, 0.3) is 0 Å². The molecule has 0 bridgehead atoms. The minimum Gasteiger partial charge on any atom is -0.495 e. The molecule has 2 saturated heterocycles. The Morgan fingerprint density at radius 3 is 3.06 bits per heavy atom. The van der Waals surface area contributed by atoms with Crippen LogP contribution in [-0.4, -0.2) is 37.2 Å². The second-order valence-corrected chi connectivity index (χ2v) is 5.24. The molecule has 3 N–H and O–H groups in total. The van der Waals surface area contributed by atoms with Gasteiger partial charge in [0.2, 0.25) is 0 Å². The Balaban J connectivity index is 1.72. The monoisotopic (exact) mass is 247 g/mol. The summed E-state index contributed by atoms with van der Waals surface area (Å²) >= 11 is 0. The van der Waals surface area contributed by atoms with Crippen molar-refractivity contribution in [2.75, 3.05) is 31.2 Å². The van der Waals surface area contributed by atoms with E-state index in [2.05, 4.69) is 10.2 Å². The second-order valence-electron chi connectivity index (χ2n) is 5.24. The van der Waals surface area contributed by atoms with E-state index in [1.54, 1.807) is 7.11 Å². The molecule has 18 heavy (non-hydrogen) atoms. The van der Waals surface area contributed by atoms with Gasteiger partial charge < -0.3 is 15.8 Å². The van der Waals surface area contributed by atoms with E-state index in [0.29, 0.717) is 17.8 Å². The van der Waals surface area contributed by atoms with Gasteiger partial charge in [0.05, 0.1) is 12.8 Å². The summed E-state index contributed by atoms with van der Waals surface area (Å²) in [5.41, 5.74) is 7.64. The van der Waals surface area contributed by atoms with Crippen LogP contribution in [0.15, 0.2) is 18.2 Å². The minimum atomic E-state index is 0.570. The average Bonchev–Trinajstić information content (AvgIpc) is 2.96. The topological polar surface area (TPSA) is 50.5 Å². The molecule has 4 nitrogen and oxygen atoms in total. The van der Waals surface area contributed by atoms with Gasteiger partial charge in [-0.2, -0.15) is 0 Å². The maximum atomic E-state index is 5.83. The van der Waals surface area contributed by atoms with Gasteiger partial charge in [-0.3, -0.25) is 4.90 Å². The number of nitrogens with two attached hydrogens (primary N) is 1. The van der Waals surface area contributed by atoms with Gasteiger partial charge in [0.1, 0.15) is 5.75 Å². The summed E-state index contributed by atoms with van der Waals surface area (Å²) in [6.45, 7) is 2.50. The Morgan fingerprint density at radius 1 is 1.33 bits per heavy atom. The average molecular weight is 247 g/mol. The van der Waals surface area contributed by atoms with Crippen LogP contribution in [0.2, 0.25) is 0 Å². The molecule has 0 radical (unpaired) electrons. The standard InChI is InChI=1S/C14H21N3O/c1-18-14-9-10(4-5-11(14)15)16-12-6-8-17-7-2-3-13(12)17/h4-5,9,12-13,16H,2-3,6-8,15H2,1H3. The van der Waals surface area contributed by atoms with E-state index in [1.807, 2.05) is 18.2 Å². The lowest BCUT2D eigenvalue weighted by atomic mass is 10.1. The molecule has 2 aliphatic heterocycles. The molecule has 1 aromatic carbocycles. The molecule has 0 aliphatic carbocycles. The van der Waals surface area contributed by atoms with Crippen LogP contribution in [0.4, 0.5) is 11.4 Å². The van der Waals surface area contributed by atoms with Crippen LogP contribution < -0.4 is 15.8 Å². The third-order valence-corrected chi connectivity index (χ3v) is 4.19. The van der Waals surface area contributed by atoms with Crippen LogP contribution in [0.1, 0.15) is 19.3 Å². The van der Waals surface area contributed by atoms with E-state index in [9.17, 15) is 0 Å². The molecule has 2 atom stereocenters. The number of fused-ring (bicyclic) bond motifs is 1. The minimum absolute atomic E-state index is 0.570. The molecule has 0 aromatic heterocycles. The molecule has 3 rings (SSSR count). The fourth-order valence-electron chi connectivity index (χ4n) is 3.27. The van der Waals surface area contributed by atoms with E-state index in [4.69, 9.17) is 10.5 Å². The summed E-state index contributed by atoms with van der Waals surface area (Å²) in [4.78, 5) is 2.60. The lowest BCUT2D eigenvalue weighted by Crippen LogP contribution is -2.33. The van der Waals surface area contributed by atoms with Crippen molar-refractivity contribution in [2.24, 2.45) is 0 Å². The van der Waals surface area contributed by atoms with Crippen molar-refractivity contribution in [1.82, 2.24) is 4.90 Å². The van der Waals surface area contributed by atoms with Gasteiger partial charge in [-0.15, -0.1) is 0 Å². The van der Waals surface area contributed by atoms with Crippen molar-refractivity contribution < 1.29 is 4.74 Å². The Kier molecular flexibility index (Phi) is 3.04. The quantitative estimate of drug-likeness (QED) is 0.801. The highest BCUT2D eigenvalue weighted by molar-refractivity contribution is 5.61. The zero-order chi connectivity index (χ0) is 12.5. The first kappa shape index (κ1) is 11.7. The fourth-order valence-corrected chi connectivity index (χ4v) is 3.27. The van der Waals surface area contributed by atoms with Gasteiger partial charge in [-0.05, 0) is 37.9 Å². The third kappa shape index (κ3) is 2.01. The zero-order valence-corrected chi connectivity index (χ0v) is 10.9. The normalized spacial score (nSPS) is 27.2. The highest BCUT2D eigenvalue weighted by Gasteiger charge is 2.36. The lowest BCUT2D eigenvalue weighted by molar-refractivity contribution is 0.318. The molecule has 1 aromatic rings. The molecule has 2 unspecified atom stereocenters. The van der Waals surface area contributed by atoms with Crippen LogP contribution in [0.5, 0.6) is 5.75 Å². The Morgan fingerprint density at radius 2 is 2.22 bits per heavy atom. The highest BCUT2D eigenvalue weighted by atomic mass is 16.5. The van der Waals surface area contributed by atoms with E-state index in [-0.39, 0.29) is 0 Å². The molecule has 0 spiro atoms. The van der Waals surface area contributed by atoms with Gasteiger partial charge in [0.25, 0.3) is 0 Å². The number of methoxy groups -OCH3 is 1. The van der Waals surface area contributed by atoms with Crippen LogP contribution >= 0.6 is 0 Å². The SMILES string of the molecule is COc1cc(NC2CCN3CCCC23)ccc1N. The summed E-state index contributed by atoms with van der Waals surface area (Å²) in [7, 11) is 1.66. The van der Waals surface area contributed by atoms with Crippen LogP contribution in [0, 0.1) is 0 Å². The van der Waals surface area contributed by atoms with Gasteiger partial charge in [0, 0.05) is 30.4 Å². The molecule has 0 saturated carbocycles. The fraction of sp³-hybridized carbons (Fsp3) is 0.571.